The Morgan fingerprint density at radius 3 is 2.84 bits per heavy atom. The predicted molar refractivity (Wildman–Crippen MR) is 81.1 cm³/mol. The summed E-state index contributed by atoms with van der Waals surface area (Å²) in [5.74, 6) is 0. The first-order chi connectivity index (χ1) is 9.20. The lowest BCUT2D eigenvalue weighted by atomic mass is 10.0. The van der Waals surface area contributed by atoms with E-state index in [4.69, 9.17) is 27.9 Å². The van der Waals surface area contributed by atoms with Gasteiger partial charge in [-0.15, -0.1) is 0 Å². The Balaban J connectivity index is 1.95. The van der Waals surface area contributed by atoms with Crippen molar-refractivity contribution in [1.82, 2.24) is 5.32 Å². The number of hydrogen-bond acceptors (Lipinski definition) is 2. The monoisotopic (exact) mass is 301 g/mol. The van der Waals surface area contributed by atoms with Crippen LogP contribution in [-0.2, 0) is 4.74 Å². The molecule has 19 heavy (non-hydrogen) atoms. The van der Waals surface area contributed by atoms with Crippen LogP contribution < -0.4 is 5.32 Å². The van der Waals surface area contributed by atoms with E-state index in [0.717, 1.165) is 36.6 Å². The van der Waals surface area contributed by atoms with Crippen LogP contribution in [0.15, 0.2) is 18.2 Å². The number of halogens is 2. The van der Waals surface area contributed by atoms with Gasteiger partial charge in [-0.3, -0.25) is 0 Å². The molecule has 0 amide bonds. The second kappa shape index (κ2) is 7.49. The summed E-state index contributed by atoms with van der Waals surface area (Å²) in [5, 5.41) is 4.98. The molecule has 2 atom stereocenters. The molecule has 0 aliphatic carbocycles. The van der Waals surface area contributed by atoms with Crippen molar-refractivity contribution in [3.63, 3.8) is 0 Å². The normalized spacial score (nSPS) is 21.3. The van der Waals surface area contributed by atoms with Crippen LogP contribution in [0.3, 0.4) is 0 Å². The van der Waals surface area contributed by atoms with E-state index in [0.29, 0.717) is 11.1 Å². The molecule has 2 unspecified atom stereocenters. The summed E-state index contributed by atoms with van der Waals surface area (Å²) < 4.78 is 5.74. The van der Waals surface area contributed by atoms with Crippen LogP contribution >= 0.6 is 23.2 Å². The van der Waals surface area contributed by atoms with Crippen molar-refractivity contribution in [2.45, 2.75) is 44.8 Å². The molecular formula is C15H21Cl2NO. The Kier molecular flexibility index (Phi) is 5.96. The van der Waals surface area contributed by atoms with Crippen molar-refractivity contribution in [2.24, 2.45) is 0 Å². The van der Waals surface area contributed by atoms with E-state index in [1.165, 1.54) is 12.8 Å². The van der Waals surface area contributed by atoms with Crippen LogP contribution in [0.1, 0.15) is 44.2 Å². The van der Waals surface area contributed by atoms with Crippen molar-refractivity contribution < 1.29 is 4.74 Å². The second-order valence-electron chi connectivity index (χ2n) is 5.02. The lowest BCUT2D eigenvalue weighted by Gasteiger charge is -2.26. The highest BCUT2D eigenvalue weighted by Crippen LogP contribution is 2.28. The molecule has 0 radical (unpaired) electrons. The SMILES string of the molecule is CCC(NCC1CCCCO1)c1ccc(Cl)cc1Cl. The summed E-state index contributed by atoms with van der Waals surface area (Å²) in [7, 11) is 0. The summed E-state index contributed by atoms with van der Waals surface area (Å²) >= 11 is 12.2. The Morgan fingerprint density at radius 1 is 1.37 bits per heavy atom. The van der Waals surface area contributed by atoms with E-state index < -0.39 is 0 Å². The van der Waals surface area contributed by atoms with Gasteiger partial charge in [0.05, 0.1) is 6.10 Å². The molecule has 1 heterocycles. The minimum atomic E-state index is 0.260. The number of benzene rings is 1. The highest BCUT2D eigenvalue weighted by atomic mass is 35.5. The fourth-order valence-electron chi connectivity index (χ4n) is 2.50. The minimum Gasteiger partial charge on any atom is -0.377 e. The maximum absolute atomic E-state index is 6.27. The van der Waals surface area contributed by atoms with Gasteiger partial charge in [0, 0.05) is 29.2 Å². The number of ether oxygens (including phenoxy) is 1. The first kappa shape index (κ1) is 15.1. The molecule has 1 saturated heterocycles. The van der Waals surface area contributed by atoms with Gasteiger partial charge in [0.15, 0.2) is 0 Å². The van der Waals surface area contributed by atoms with Gasteiger partial charge in [0.25, 0.3) is 0 Å². The van der Waals surface area contributed by atoms with Gasteiger partial charge in [-0.25, -0.2) is 0 Å². The molecule has 0 spiro atoms. The third-order valence-electron chi connectivity index (χ3n) is 3.61. The Hall–Kier alpha value is -0.280. The zero-order valence-corrected chi connectivity index (χ0v) is 12.8. The van der Waals surface area contributed by atoms with Crippen molar-refractivity contribution in [2.75, 3.05) is 13.2 Å². The van der Waals surface area contributed by atoms with Gasteiger partial charge >= 0.3 is 0 Å². The average Bonchev–Trinajstić information content (AvgIpc) is 2.42. The van der Waals surface area contributed by atoms with E-state index in [2.05, 4.69) is 12.2 Å². The second-order valence-corrected chi connectivity index (χ2v) is 5.87. The van der Waals surface area contributed by atoms with E-state index in [9.17, 15) is 0 Å². The molecule has 1 aromatic rings. The van der Waals surface area contributed by atoms with Crippen LogP contribution in [0.2, 0.25) is 10.0 Å². The van der Waals surface area contributed by atoms with Crippen molar-refractivity contribution in [3.05, 3.63) is 33.8 Å². The molecule has 4 heteroatoms. The molecule has 0 aromatic heterocycles. The summed E-state index contributed by atoms with van der Waals surface area (Å²) in [4.78, 5) is 0. The van der Waals surface area contributed by atoms with Crippen LogP contribution in [0.4, 0.5) is 0 Å². The summed E-state index contributed by atoms with van der Waals surface area (Å²) in [6.07, 6.45) is 4.95. The van der Waals surface area contributed by atoms with Gasteiger partial charge in [0.2, 0.25) is 0 Å². The molecular weight excluding hydrogens is 281 g/mol. The average molecular weight is 302 g/mol. The molecule has 0 saturated carbocycles. The molecule has 2 nitrogen and oxygen atoms in total. The van der Waals surface area contributed by atoms with E-state index in [-0.39, 0.29) is 6.04 Å². The number of hydrogen-bond donors (Lipinski definition) is 1. The third-order valence-corrected chi connectivity index (χ3v) is 4.17. The topological polar surface area (TPSA) is 21.3 Å². The third kappa shape index (κ3) is 4.35. The van der Waals surface area contributed by atoms with E-state index in [1.807, 2.05) is 12.1 Å². The van der Waals surface area contributed by atoms with Crippen molar-refractivity contribution in [3.8, 4) is 0 Å². The Labute approximate surface area is 125 Å². The summed E-state index contributed by atoms with van der Waals surface area (Å²) in [5.41, 5.74) is 1.12. The molecule has 1 aliphatic heterocycles. The van der Waals surface area contributed by atoms with E-state index >= 15 is 0 Å². The molecule has 106 valence electrons. The highest BCUT2D eigenvalue weighted by molar-refractivity contribution is 6.35. The molecule has 1 aromatic carbocycles. The zero-order chi connectivity index (χ0) is 13.7. The van der Waals surface area contributed by atoms with Gasteiger partial charge in [-0.1, -0.05) is 36.2 Å². The molecule has 1 N–H and O–H groups in total. The molecule has 0 bridgehead atoms. The molecule has 1 fully saturated rings. The highest BCUT2D eigenvalue weighted by Gasteiger charge is 2.17. The van der Waals surface area contributed by atoms with Crippen LogP contribution in [-0.4, -0.2) is 19.3 Å². The van der Waals surface area contributed by atoms with Gasteiger partial charge in [-0.05, 0) is 43.4 Å². The smallest absolute Gasteiger partial charge is 0.0699 e. The van der Waals surface area contributed by atoms with Crippen molar-refractivity contribution in [1.29, 1.82) is 0 Å². The maximum atomic E-state index is 6.27. The summed E-state index contributed by atoms with van der Waals surface area (Å²) in [6.45, 7) is 3.94. The Bertz CT molecular complexity index is 405. The van der Waals surface area contributed by atoms with Gasteiger partial charge in [-0.2, -0.15) is 0 Å². The van der Waals surface area contributed by atoms with Crippen molar-refractivity contribution >= 4 is 23.2 Å². The minimum absolute atomic E-state index is 0.260. The van der Waals surface area contributed by atoms with Crippen LogP contribution in [0.5, 0.6) is 0 Å². The summed E-state index contributed by atoms with van der Waals surface area (Å²) in [6, 6.07) is 5.97. The quantitative estimate of drug-likeness (QED) is 0.858. The molecule has 2 rings (SSSR count). The zero-order valence-electron chi connectivity index (χ0n) is 11.3. The maximum Gasteiger partial charge on any atom is 0.0699 e. The predicted octanol–water partition coefficient (Wildman–Crippen LogP) is 4.60. The fraction of sp³-hybridized carbons (Fsp3) is 0.600. The van der Waals surface area contributed by atoms with Crippen LogP contribution in [0.25, 0.3) is 0 Å². The van der Waals surface area contributed by atoms with Crippen LogP contribution in [0, 0.1) is 0 Å². The number of rotatable bonds is 5. The lowest BCUT2D eigenvalue weighted by Crippen LogP contribution is -2.34. The Morgan fingerprint density at radius 2 is 2.21 bits per heavy atom. The van der Waals surface area contributed by atoms with Gasteiger partial charge in [0.1, 0.15) is 0 Å². The molecule has 1 aliphatic rings. The van der Waals surface area contributed by atoms with E-state index in [1.54, 1.807) is 6.07 Å². The fourth-order valence-corrected chi connectivity index (χ4v) is 3.04. The first-order valence-corrected chi connectivity index (χ1v) is 7.76. The standard InChI is InChI=1S/C15H21Cl2NO/c1-2-15(13-7-6-11(16)9-14(13)17)18-10-12-5-3-4-8-19-12/h6-7,9,12,15,18H,2-5,8,10H2,1H3. The number of nitrogens with one attached hydrogen (secondary N) is 1. The first-order valence-electron chi connectivity index (χ1n) is 7.00. The van der Waals surface area contributed by atoms with Gasteiger partial charge < -0.3 is 10.1 Å². The largest absolute Gasteiger partial charge is 0.377 e. The lowest BCUT2D eigenvalue weighted by molar-refractivity contribution is 0.0152.